The smallest absolute Gasteiger partial charge is 0.272 e. The first-order chi connectivity index (χ1) is 12.5. The van der Waals surface area contributed by atoms with Crippen molar-refractivity contribution in [3.63, 3.8) is 0 Å². The highest BCUT2D eigenvalue weighted by Crippen LogP contribution is 2.25. The van der Waals surface area contributed by atoms with Crippen molar-refractivity contribution in [2.24, 2.45) is 0 Å². The molecule has 140 valence electrons. The molecule has 2 fully saturated rings. The minimum atomic E-state index is -0.459. The molecule has 0 spiro atoms. The molecule has 26 heavy (non-hydrogen) atoms. The summed E-state index contributed by atoms with van der Waals surface area (Å²) in [5.74, 6) is -0.218. The van der Waals surface area contributed by atoms with Crippen molar-refractivity contribution in [1.29, 1.82) is 0 Å². The quantitative estimate of drug-likeness (QED) is 0.648. The van der Waals surface area contributed by atoms with Gasteiger partial charge in [0.25, 0.3) is 11.6 Å². The molecule has 3 rings (SSSR count). The third kappa shape index (κ3) is 3.70. The molecule has 0 aliphatic carbocycles. The number of hydrogen-bond acceptors (Lipinski definition) is 5. The Labute approximate surface area is 152 Å². The standard InChI is InChI=1S/C18H24N4O4/c1-13-12-14(5-6-15(13)22(25)26)17(23)21-10-2-4-16(21)18(24)20-9-3-7-19-8-11-20/h5-6,12,16,19H,2-4,7-11H2,1H3. The van der Waals surface area contributed by atoms with E-state index < -0.39 is 11.0 Å². The second-order valence-electron chi connectivity index (χ2n) is 6.84. The number of nitrogens with zero attached hydrogens (tertiary/aromatic N) is 3. The van der Waals surface area contributed by atoms with Gasteiger partial charge in [-0.05, 0) is 44.9 Å². The summed E-state index contributed by atoms with van der Waals surface area (Å²) in [7, 11) is 0. The first-order valence-corrected chi connectivity index (χ1v) is 9.04. The third-order valence-electron chi connectivity index (χ3n) is 5.09. The molecule has 1 unspecified atom stereocenters. The Morgan fingerprint density at radius 1 is 1.19 bits per heavy atom. The summed E-state index contributed by atoms with van der Waals surface area (Å²) in [5.41, 5.74) is 0.833. The second kappa shape index (κ2) is 7.82. The van der Waals surface area contributed by atoms with Crippen LogP contribution in [0.5, 0.6) is 0 Å². The molecule has 1 N–H and O–H groups in total. The SMILES string of the molecule is Cc1cc(C(=O)N2CCCC2C(=O)N2CCCNCC2)ccc1[N+](=O)[O-]. The molecule has 2 amide bonds. The van der Waals surface area contributed by atoms with Gasteiger partial charge in [-0.2, -0.15) is 0 Å². The van der Waals surface area contributed by atoms with E-state index in [1.165, 1.54) is 18.2 Å². The van der Waals surface area contributed by atoms with Crippen LogP contribution in [0.15, 0.2) is 18.2 Å². The van der Waals surface area contributed by atoms with Gasteiger partial charge >= 0.3 is 0 Å². The molecular weight excluding hydrogens is 336 g/mol. The van der Waals surface area contributed by atoms with E-state index in [0.717, 1.165) is 25.9 Å². The lowest BCUT2D eigenvalue weighted by atomic mass is 10.1. The van der Waals surface area contributed by atoms with Crippen molar-refractivity contribution in [1.82, 2.24) is 15.1 Å². The maximum atomic E-state index is 12.9. The van der Waals surface area contributed by atoms with Crippen LogP contribution in [0, 0.1) is 17.0 Å². The molecule has 0 radical (unpaired) electrons. The topological polar surface area (TPSA) is 95.8 Å². The van der Waals surface area contributed by atoms with Crippen LogP contribution in [0.4, 0.5) is 5.69 Å². The van der Waals surface area contributed by atoms with Crippen LogP contribution >= 0.6 is 0 Å². The summed E-state index contributed by atoms with van der Waals surface area (Å²) in [6.45, 7) is 5.20. The van der Waals surface area contributed by atoms with E-state index in [-0.39, 0.29) is 17.5 Å². The number of likely N-dealkylation sites (tertiary alicyclic amines) is 1. The number of carbonyl (C=O) groups excluding carboxylic acids is 2. The fraction of sp³-hybridized carbons (Fsp3) is 0.556. The van der Waals surface area contributed by atoms with Gasteiger partial charge in [-0.25, -0.2) is 0 Å². The Hall–Kier alpha value is -2.48. The Bertz CT molecular complexity index is 713. The van der Waals surface area contributed by atoms with Crippen molar-refractivity contribution in [3.05, 3.63) is 39.4 Å². The van der Waals surface area contributed by atoms with Gasteiger partial charge in [-0.15, -0.1) is 0 Å². The summed E-state index contributed by atoms with van der Waals surface area (Å²) in [6, 6.07) is 3.94. The van der Waals surface area contributed by atoms with E-state index in [0.29, 0.717) is 37.2 Å². The van der Waals surface area contributed by atoms with Crippen molar-refractivity contribution >= 4 is 17.5 Å². The molecule has 0 aromatic heterocycles. The van der Waals surface area contributed by atoms with Gasteiger partial charge < -0.3 is 15.1 Å². The maximum Gasteiger partial charge on any atom is 0.272 e. The summed E-state index contributed by atoms with van der Waals surface area (Å²) in [6.07, 6.45) is 2.37. The molecule has 8 nitrogen and oxygen atoms in total. The van der Waals surface area contributed by atoms with Crippen molar-refractivity contribution < 1.29 is 14.5 Å². The van der Waals surface area contributed by atoms with E-state index in [1.54, 1.807) is 11.8 Å². The number of nitro benzene ring substituents is 1. The van der Waals surface area contributed by atoms with Crippen LogP contribution < -0.4 is 5.32 Å². The first kappa shape index (κ1) is 18.3. The van der Waals surface area contributed by atoms with E-state index in [9.17, 15) is 19.7 Å². The number of aryl methyl sites for hydroxylation is 1. The average Bonchev–Trinajstić information content (AvgIpc) is 2.94. The summed E-state index contributed by atoms with van der Waals surface area (Å²) in [4.78, 5) is 39.8. The van der Waals surface area contributed by atoms with E-state index in [4.69, 9.17) is 0 Å². The number of rotatable bonds is 3. The lowest BCUT2D eigenvalue weighted by Gasteiger charge is -2.29. The Morgan fingerprint density at radius 3 is 2.73 bits per heavy atom. The summed E-state index contributed by atoms with van der Waals surface area (Å²) in [5, 5.41) is 14.2. The number of amides is 2. The van der Waals surface area contributed by atoms with Gasteiger partial charge in [0.1, 0.15) is 6.04 Å². The van der Waals surface area contributed by atoms with Crippen LogP contribution in [0.25, 0.3) is 0 Å². The molecule has 2 saturated heterocycles. The third-order valence-corrected chi connectivity index (χ3v) is 5.09. The van der Waals surface area contributed by atoms with Gasteiger partial charge in [0, 0.05) is 43.4 Å². The van der Waals surface area contributed by atoms with Crippen LogP contribution in [-0.2, 0) is 4.79 Å². The molecule has 1 atom stereocenters. The fourth-order valence-corrected chi connectivity index (χ4v) is 3.70. The van der Waals surface area contributed by atoms with Crippen molar-refractivity contribution in [3.8, 4) is 0 Å². The lowest BCUT2D eigenvalue weighted by molar-refractivity contribution is -0.385. The molecule has 0 bridgehead atoms. The first-order valence-electron chi connectivity index (χ1n) is 9.04. The van der Waals surface area contributed by atoms with Gasteiger partial charge in [0.2, 0.25) is 5.91 Å². The van der Waals surface area contributed by atoms with Crippen LogP contribution in [0.3, 0.4) is 0 Å². The number of carbonyl (C=O) groups is 2. The Kier molecular flexibility index (Phi) is 5.51. The molecule has 2 aliphatic heterocycles. The summed E-state index contributed by atoms with van der Waals surface area (Å²) < 4.78 is 0. The van der Waals surface area contributed by atoms with E-state index in [1.807, 2.05) is 4.90 Å². The minimum Gasteiger partial charge on any atom is -0.340 e. The largest absolute Gasteiger partial charge is 0.340 e. The van der Waals surface area contributed by atoms with Crippen molar-refractivity contribution in [2.45, 2.75) is 32.2 Å². The highest BCUT2D eigenvalue weighted by Gasteiger charge is 2.37. The zero-order chi connectivity index (χ0) is 18.7. The predicted molar refractivity (Wildman–Crippen MR) is 96.0 cm³/mol. The fourth-order valence-electron chi connectivity index (χ4n) is 3.70. The average molecular weight is 360 g/mol. The van der Waals surface area contributed by atoms with Gasteiger partial charge in [0.15, 0.2) is 0 Å². The highest BCUT2D eigenvalue weighted by atomic mass is 16.6. The zero-order valence-corrected chi connectivity index (χ0v) is 14.9. The Morgan fingerprint density at radius 2 is 2.00 bits per heavy atom. The monoisotopic (exact) mass is 360 g/mol. The van der Waals surface area contributed by atoms with Crippen molar-refractivity contribution in [2.75, 3.05) is 32.7 Å². The second-order valence-corrected chi connectivity index (χ2v) is 6.84. The van der Waals surface area contributed by atoms with Gasteiger partial charge in [-0.1, -0.05) is 0 Å². The maximum absolute atomic E-state index is 12.9. The molecule has 2 heterocycles. The zero-order valence-electron chi connectivity index (χ0n) is 14.9. The Balaban J connectivity index is 1.76. The molecule has 1 aromatic rings. The lowest BCUT2D eigenvalue weighted by Crippen LogP contribution is -2.48. The number of hydrogen-bond donors (Lipinski definition) is 1. The molecule has 1 aromatic carbocycles. The molecule has 0 saturated carbocycles. The molecular formula is C18H24N4O4. The van der Waals surface area contributed by atoms with Gasteiger partial charge in [-0.3, -0.25) is 19.7 Å². The number of nitrogens with one attached hydrogen (secondary N) is 1. The van der Waals surface area contributed by atoms with E-state index in [2.05, 4.69) is 5.32 Å². The molecule has 8 heteroatoms. The van der Waals surface area contributed by atoms with Gasteiger partial charge in [0.05, 0.1) is 4.92 Å². The molecule has 2 aliphatic rings. The highest BCUT2D eigenvalue weighted by molar-refractivity contribution is 5.98. The van der Waals surface area contributed by atoms with Crippen LogP contribution in [0.1, 0.15) is 35.2 Å². The number of nitro groups is 1. The summed E-state index contributed by atoms with van der Waals surface area (Å²) >= 11 is 0. The van der Waals surface area contributed by atoms with Crippen LogP contribution in [0.2, 0.25) is 0 Å². The van der Waals surface area contributed by atoms with E-state index >= 15 is 0 Å². The number of benzene rings is 1. The normalized spacial score (nSPS) is 20.7. The minimum absolute atomic E-state index is 0.00679. The predicted octanol–water partition coefficient (Wildman–Crippen LogP) is 1.33. The van der Waals surface area contributed by atoms with Crippen LogP contribution in [-0.4, -0.2) is 65.3 Å².